The first-order valence-electron chi connectivity index (χ1n) is 7.93. The van der Waals surface area contributed by atoms with Gasteiger partial charge >= 0.3 is 0 Å². The molecule has 2 unspecified atom stereocenters. The van der Waals surface area contributed by atoms with Crippen LogP contribution in [-0.4, -0.2) is 6.61 Å². The van der Waals surface area contributed by atoms with Gasteiger partial charge in [-0.25, -0.2) is 0 Å². The van der Waals surface area contributed by atoms with Crippen LogP contribution in [-0.2, 0) is 0 Å². The van der Waals surface area contributed by atoms with E-state index in [1.165, 1.54) is 36.1 Å². The van der Waals surface area contributed by atoms with Crippen LogP contribution in [0.2, 0.25) is 0 Å². The zero-order valence-corrected chi connectivity index (χ0v) is 12.9. The van der Waals surface area contributed by atoms with E-state index >= 15 is 0 Å². The van der Waals surface area contributed by atoms with E-state index in [4.69, 9.17) is 4.74 Å². The van der Waals surface area contributed by atoms with Gasteiger partial charge in [-0.3, -0.25) is 5.32 Å². The van der Waals surface area contributed by atoms with Crippen molar-refractivity contribution in [1.82, 2.24) is 5.32 Å². The van der Waals surface area contributed by atoms with Gasteiger partial charge in [0.1, 0.15) is 12.4 Å². The highest BCUT2D eigenvalue weighted by atomic mass is 32.1. The second kappa shape index (κ2) is 5.82. The number of thiophene rings is 1. The summed E-state index contributed by atoms with van der Waals surface area (Å²) >= 11 is 1.88. The Morgan fingerprint density at radius 2 is 1.95 bits per heavy atom. The van der Waals surface area contributed by atoms with Crippen molar-refractivity contribution >= 4 is 11.3 Å². The Labute approximate surface area is 130 Å². The summed E-state index contributed by atoms with van der Waals surface area (Å²) < 4.78 is 5.83. The molecule has 1 aliphatic heterocycles. The van der Waals surface area contributed by atoms with E-state index in [2.05, 4.69) is 47.1 Å². The van der Waals surface area contributed by atoms with Crippen LogP contribution in [0.1, 0.15) is 48.2 Å². The van der Waals surface area contributed by atoms with E-state index in [1.807, 2.05) is 11.3 Å². The monoisotopic (exact) mass is 299 g/mol. The third-order valence-electron chi connectivity index (χ3n) is 4.80. The third-order valence-corrected chi connectivity index (χ3v) is 5.76. The van der Waals surface area contributed by atoms with Gasteiger partial charge in [0.25, 0.3) is 0 Å². The van der Waals surface area contributed by atoms with E-state index in [0.29, 0.717) is 12.1 Å². The van der Waals surface area contributed by atoms with Gasteiger partial charge in [-0.2, -0.15) is 0 Å². The first kappa shape index (κ1) is 13.4. The normalized spacial score (nSPS) is 23.0. The molecule has 1 saturated carbocycles. The summed E-state index contributed by atoms with van der Waals surface area (Å²) in [6.07, 6.45) is 5.47. The minimum atomic E-state index is 0.328. The number of para-hydroxylation sites is 1. The number of rotatable bonds is 4. The molecule has 110 valence electrons. The van der Waals surface area contributed by atoms with Gasteiger partial charge in [0.15, 0.2) is 0 Å². The second-order valence-electron chi connectivity index (χ2n) is 6.11. The van der Waals surface area contributed by atoms with Gasteiger partial charge in [0.2, 0.25) is 0 Å². The first-order valence-corrected chi connectivity index (χ1v) is 8.81. The predicted molar refractivity (Wildman–Crippen MR) is 86.8 cm³/mol. The minimum Gasteiger partial charge on any atom is -0.491 e. The van der Waals surface area contributed by atoms with Crippen molar-refractivity contribution in [2.75, 3.05) is 6.61 Å². The lowest BCUT2D eigenvalue weighted by molar-refractivity contribution is 0.271. The summed E-state index contributed by atoms with van der Waals surface area (Å²) in [6.45, 7) is 0.758. The summed E-state index contributed by atoms with van der Waals surface area (Å²) in [4.78, 5) is 1.48. The van der Waals surface area contributed by atoms with Crippen LogP contribution in [0.5, 0.6) is 5.75 Å². The van der Waals surface area contributed by atoms with Gasteiger partial charge in [0.05, 0.1) is 6.04 Å². The second-order valence-corrected chi connectivity index (χ2v) is 7.08. The minimum absolute atomic E-state index is 0.328. The maximum Gasteiger partial charge on any atom is 0.124 e. The summed E-state index contributed by atoms with van der Waals surface area (Å²) in [6, 6.07) is 13.7. The van der Waals surface area contributed by atoms with Gasteiger partial charge in [-0.15, -0.1) is 11.3 Å². The Morgan fingerprint density at radius 3 is 2.76 bits per heavy atom. The molecular formula is C18H21NOS. The van der Waals surface area contributed by atoms with E-state index in [1.54, 1.807) is 0 Å². The number of fused-ring (bicyclic) bond motifs is 1. The molecular weight excluding hydrogens is 278 g/mol. The Morgan fingerprint density at radius 1 is 1.10 bits per heavy atom. The van der Waals surface area contributed by atoms with Crippen LogP contribution in [0.4, 0.5) is 0 Å². The Bertz CT molecular complexity index is 589. The van der Waals surface area contributed by atoms with Crippen LogP contribution in [0.15, 0.2) is 41.8 Å². The summed E-state index contributed by atoms with van der Waals surface area (Å²) in [5.74, 6) is 1.82. The fourth-order valence-electron chi connectivity index (χ4n) is 3.73. The molecule has 2 nitrogen and oxygen atoms in total. The van der Waals surface area contributed by atoms with Crippen molar-refractivity contribution in [3.05, 3.63) is 52.2 Å². The Balaban J connectivity index is 1.58. The van der Waals surface area contributed by atoms with Gasteiger partial charge < -0.3 is 4.74 Å². The van der Waals surface area contributed by atoms with Crippen molar-refractivity contribution in [2.24, 2.45) is 5.92 Å². The molecule has 2 aliphatic rings. The quantitative estimate of drug-likeness (QED) is 0.883. The topological polar surface area (TPSA) is 21.3 Å². The molecule has 0 saturated heterocycles. The molecule has 0 bridgehead atoms. The molecule has 3 heteroatoms. The van der Waals surface area contributed by atoms with Crippen LogP contribution in [0.3, 0.4) is 0 Å². The summed E-state index contributed by atoms with van der Waals surface area (Å²) in [5, 5.41) is 6.09. The summed E-state index contributed by atoms with van der Waals surface area (Å²) in [5.41, 5.74) is 1.32. The maximum atomic E-state index is 5.83. The van der Waals surface area contributed by atoms with Crippen LogP contribution >= 0.6 is 11.3 Å². The number of benzene rings is 1. The van der Waals surface area contributed by atoms with Gasteiger partial charge in [0, 0.05) is 16.5 Å². The molecule has 0 radical (unpaired) electrons. The maximum absolute atomic E-state index is 5.83. The highest BCUT2D eigenvalue weighted by molar-refractivity contribution is 7.10. The molecule has 1 aliphatic carbocycles. The number of ether oxygens (including phenoxy) is 1. The molecule has 21 heavy (non-hydrogen) atoms. The first-order chi connectivity index (χ1) is 10.4. The standard InChI is InChI=1S/C18H21NOS/c1-2-7-13(6-1)18(17-10-5-11-21-17)19-15-12-20-16-9-4-3-8-14(15)16/h3-5,8-11,13,15,18-19H,1-2,6-7,12H2. The van der Waals surface area contributed by atoms with E-state index in [-0.39, 0.29) is 0 Å². The SMILES string of the molecule is c1csc(C(NC2COc3ccccc32)C2CCCC2)c1. The molecule has 0 spiro atoms. The Hall–Kier alpha value is -1.32. The van der Waals surface area contributed by atoms with Crippen molar-refractivity contribution < 1.29 is 4.74 Å². The van der Waals surface area contributed by atoms with Gasteiger partial charge in [-0.05, 0) is 36.3 Å². The molecule has 0 amide bonds. The highest BCUT2D eigenvalue weighted by Crippen LogP contribution is 2.40. The molecule has 1 N–H and O–H groups in total. The van der Waals surface area contributed by atoms with Crippen molar-refractivity contribution in [2.45, 2.75) is 37.8 Å². The molecule has 1 fully saturated rings. The van der Waals surface area contributed by atoms with Gasteiger partial charge in [-0.1, -0.05) is 37.1 Å². The van der Waals surface area contributed by atoms with Crippen molar-refractivity contribution in [3.63, 3.8) is 0 Å². The lowest BCUT2D eigenvalue weighted by atomic mass is 9.95. The molecule has 2 aromatic rings. The molecule has 1 aromatic carbocycles. The zero-order valence-electron chi connectivity index (χ0n) is 12.1. The average molecular weight is 299 g/mol. The molecule has 1 aromatic heterocycles. The fraction of sp³-hybridized carbons (Fsp3) is 0.444. The molecule has 2 heterocycles. The largest absolute Gasteiger partial charge is 0.491 e. The lowest BCUT2D eigenvalue weighted by Crippen LogP contribution is -2.31. The van der Waals surface area contributed by atoms with Crippen LogP contribution in [0, 0.1) is 5.92 Å². The average Bonchev–Trinajstić information content (AvgIpc) is 3.26. The number of hydrogen-bond acceptors (Lipinski definition) is 3. The lowest BCUT2D eigenvalue weighted by Gasteiger charge is -2.27. The smallest absolute Gasteiger partial charge is 0.124 e. The number of nitrogens with one attached hydrogen (secondary N) is 1. The zero-order chi connectivity index (χ0) is 14.1. The van der Waals surface area contributed by atoms with E-state index in [9.17, 15) is 0 Å². The van der Waals surface area contributed by atoms with Crippen molar-refractivity contribution in [3.8, 4) is 5.75 Å². The fourth-order valence-corrected chi connectivity index (χ4v) is 4.61. The predicted octanol–water partition coefficient (Wildman–Crippen LogP) is 4.70. The molecule has 2 atom stereocenters. The number of hydrogen-bond donors (Lipinski definition) is 1. The molecule has 4 rings (SSSR count). The van der Waals surface area contributed by atoms with Crippen LogP contribution < -0.4 is 10.1 Å². The Kier molecular flexibility index (Phi) is 3.70. The summed E-state index contributed by atoms with van der Waals surface area (Å²) in [7, 11) is 0. The third kappa shape index (κ3) is 2.60. The van der Waals surface area contributed by atoms with E-state index in [0.717, 1.165) is 18.3 Å². The van der Waals surface area contributed by atoms with Crippen LogP contribution in [0.25, 0.3) is 0 Å². The highest BCUT2D eigenvalue weighted by Gasteiger charge is 2.32. The van der Waals surface area contributed by atoms with E-state index < -0.39 is 0 Å². The van der Waals surface area contributed by atoms with Crippen molar-refractivity contribution in [1.29, 1.82) is 0 Å².